The number of hydrogen-bond acceptors (Lipinski definition) is 8. The van der Waals surface area contributed by atoms with Crippen LogP contribution in [0.25, 0.3) is 11.1 Å². The van der Waals surface area contributed by atoms with Crippen molar-refractivity contribution in [1.29, 1.82) is 0 Å². The Balaban J connectivity index is 1.60. The van der Waals surface area contributed by atoms with Gasteiger partial charge in [0.25, 0.3) is 0 Å². The smallest absolute Gasteiger partial charge is 0.246 e. The summed E-state index contributed by atoms with van der Waals surface area (Å²) in [6.45, 7) is 7.16. The van der Waals surface area contributed by atoms with Gasteiger partial charge in [0.1, 0.15) is 30.8 Å². The van der Waals surface area contributed by atoms with Crippen molar-refractivity contribution in [3.05, 3.63) is 60.2 Å². The molecule has 2 heterocycles. The van der Waals surface area contributed by atoms with E-state index < -0.39 is 65.0 Å². The van der Waals surface area contributed by atoms with E-state index in [4.69, 9.17) is 10.5 Å². The van der Waals surface area contributed by atoms with Crippen molar-refractivity contribution >= 4 is 35.4 Å². The molecule has 0 bridgehead atoms. The molecule has 51 heavy (non-hydrogen) atoms. The SMILES string of the molecule is C[C@@H]1CC2C(=O)N[C@H](Cc3ccc(-c4ccccc4)cc3)C(=O)NCCC(=O)N[C@H](CN)C(=O)NCCOCC(=O)N[C@@H](C(C)(C)C)C(=O)N2C1. The van der Waals surface area contributed by atoms with Crippen LogP contribution in [0.15, 0.2) is 54.6 Å². The van der Waals surface area contributed by atoms with Crippen LogP contribution in [0.4, 0.5) is 0 Å². The lowest BCUT2D eigenvalue weighted by atomic mass is 9.85. The van der Waals surface area contributed by atoms with Gasteiger partial charge >= 0.3 is 0 Å². The molecule has 0 radical (unpaired) electrons. The van der Waals surface area contributed by atoms with Gasteiger partial charge in [-0.05, 0) is 34.4 Å². The van der Waals surface area contributed by atoms with Gasteiger partial charge in [-0.15, -0.1) is 0 Å². The first-order valence-electron chi connectivity index (χ1n) is 17.4. The Morgan fingerprint density at radius 3 is 2.10 bits per heavy atom. The summed E-state index contributed by atoms with van der Waals surface area (Å²) >= 11 is 0. The molecule has 5 atom stereocenters. The molecule has 7 N–H and O–H groups in total. The van der Waals surface area contributed by atoms with Gasteiger partial charge in [-0.25, -0.2) is 0 Å². The average molecular weight is 706 g/mol. The molecular formula is C37H51N7O7. The van der Waals surface area contributed by atoms with Crippen LogP contribution in [-0.2, 0) is 39.9 Å². The molecule has 2 fully saturated rings. The number of nitrogens with two attached hydrogens (primary N) is 1. The molecule has 0 saturated carbocycles. The number of nitrogens with zero attached hydrogens (tertiary/aromatic N) is 1. The zero-order valence-corrected chi connectivity index (χ0v) is 29.8. The Labute approximate surface area is 299 Å². The molecule has 14 heteroatoms. The monoisotopic (exact) mass is 705 g/mol. The lowest BCUT2D eigenvalue weighted by Crippen LogP contribution is -2.59. The topological polar surface area (TPSA) is 201 Å². The molecule has 2 aliphatic heterocycles. The second kappa shape index (κ2) is 17.9. The fraction of sp³-hybridized carbons (Fsp3) is 0.514. The minimum atomic E-state index is -1.04. The van der Waals surface area contributed by atoms with Crippen LogP contribution in [0, 0.1) is 11.3 Å². The number of nitrogens with one attached hydrogen (secondary N) is 5. The van der Waals surface area contributed by atoms with E-state index in [9.17, 15) is 28.8 Å². The predicted molar refractivity (Wildman–Crippen MR) is 191 cm³/mol. The Morgan fingerprint density at radius 1 is 0.784 bits per heavy atom. The van der Waals surface area contributed by atoms with Crippen LogP contribution in [0.1, 0.15) is 46.1 Å². The lowest BCUT2D eigenvalue weighted by Gasteiger charge is -2.35. The van der Waals surface area contributed by atoms with Crippen molar-refractivity contribution < 1.29 is 33.5 Å². The molecule has 1 unspecified atom stereocenters. The van der Waals surface area contributed by atoms with Gasteiger partial charge < -0.3 is 42.0 Å². The number of carbonyl (C=O) groups is 6. The highest BCUT2D eigenvalue weighted by atomic mass is 16.5. The molecule has 14 nitrogen and oxygen atoms in total. The van der Waals surface area contributed by atoms with Crippen molar-refractivity contribution in [2.24, 2.45) is 17.1 Å². The molecular weight excluding hydrogens is 654 g/mol. The van der Waals surface area contributed by atoms with E-state index in [1.165, 1.54) is 4.90 Å². The molecule has 2 aromatic carbocycles. The number of carbonyl (C=O) groups excluding carboxylic acids is 6. The Morgan fingerprint density at radius 2 is 1.43 bits per heavy atom. The number of amides is 6. The molecule has 2 aromatic rings. The number of benzene rings is 2. The molecule has 2 aliphatic rings. The summed E-state index contributed by atoms with van der Waals surface area (Å²) in [5, 5.41) is 13.6. The Kier molecular flexibility index (Phi) is 13.7. The molecule has 0 spiro atoms. The number of fused-ring (bicyclic) bond motifs is 1. The van der Waals surface area contributed by atoms with Crippen molar-refractivity contribution in [2.45, 2.75) is 71.1 Å². The summed E-state index contributed by atoms with van der Waals surface area (Å²) in [4.78, 5) is 81.4. The van der Waals surface area contributed by atoms with Gasteiger partial charge in [-0.3, -0.25) is 28.8 Å². The fourth-order valence-electron chi connectivity index (χ4n) is 6.19. The number of hydrogen-bond donors (Lipinski definition) is 6. The summed E-state index contributed by atoms with van der Waals surface area (Å²) in [5.74, 6) is -2.99. The highest BCUT2D eigenvalue weighted by molar-refractivity contribution is 5.95. The van der Waals surface area contributed by atoms with E-state index >= 15 is 0 Å². The summed E-state index contributed by atoms with van der Waals surface area (Å²) in [5.41, 5.74) is 7.83. The quantitative estimate of drug-likeness (QED) is 0.260. The zero-order chi connectivity index (χ0) is 37.1. The van der Waals surface area contributed by atoms with Crippen molar-refractivity contribution in [3.63, 3.8) is 0 Å². The maximum Gasteiger partial charge on any atom is 0.246 e. The van der Waals surface area contributed by atoms with E-state index in [2.05, 4.69) is 26.6 Å². The zero-order valence-electron chi connectivity index (χ0n) is 29.8. The third-order valence-electron chi connectivity index (χ3n) is 8.97. The minimum absolute atomic E-state index is 0.00518. The second-order valence-corrected chi connectivity index (χ2v) is 14.3. The summed E-state index contributed by atoms with van der Waals surface area (Å²) in [6, 6.07) is 13.6. The van der Waals surface area contributed by atoms with E-state index in [0.29, 0.717) is 13.0 Å². The lowest BCUT2D eigenvalue weighted by molar-refractivity contribution is -0.145. The second-order valence-electron chi connectivity index (χ2n) is 14.3. The van der Waals surface area contributed by atoms with Gasteiger partial charge in [0, 0.05) is 39.0 Å². The van der Waals surface area contributed by atoms with Gasteiger partial charge in [-0.1, -0.05) is 82.3 Å². The van der Waals surface area contributed by atoms with Crippen LogP contribution in [0.2, 0.25) is 0 Å². The molecule has 0 aromatic heterocycles. The summed E-state index contributed by atoms with van der Waals surface area (Å²) < 4.78 is 5.44. The van der Waals surface area contributed by atoms with E-state index in [1.54, 1.807) is 0 Å². The highest BCUT2D eigenvalue weighted by Gasteiger charge is 2.44. The van der Waals surface area contributed by atoms with Crippen LogP contribution >= 0.6 is 0 Å². The van der Waals surface area contributed by atoms with Crippen LogP contribution in [0.5, 0.6) is 0 Å². The Bertz CT molecular complexity index is 1540. The first kappa shape index (κ1) is 39.0. The third-order valence-corrected chi connectivity index (χ3v) is 8.97. The largest absolute Gasteiger partial charge is 0.370 e. The number of ether oxygens (including phenoxy) is 1. The molecule has 4 rings (SSSR count). The van der Waals surface area contributed by atoms with Gasteiger partial charge in [0.05, 0.1) is 6.61 Å². The van der Waals surface area contributed by atoms with Crippen molar-refractivity contribution in [2.75, 3.05) is 39.4 Å². The van der Waals surface area contributed by atoms with Crippen molar-refractivity contribution in [1.82, 2.24) is 31.5 Å². The van der Waals surface area contributed by atoms with E-state index in [-0.39, 0.29) is 51.6 Å². The predicted octanol–water partition coefficient (Wildman–Crippen LogP) is 0.245. The first-order chi connectivity index (χ1) is 24.3. The van der Waals surface area contributed by atoms with Gasteiger partial charge in [0.2, 0.25) is 35.4 Å². The molecule has 6 amide bonds. The summed E-state index contributed by atoms with van der Waals surface area (Å²) in [7, 11) is 0. The van der Waals surface area contributed by atoms with Crippen LogP contribution < -0.4 is 32.3 Å². The van der Waals surface area contributed by atoms with E-state index in [1.807, 2.05) is 82.3 Å². The highest BCUT2D eigenvalue weighted by Crippen LogP contribution is 2.29. The van der Waals surface area contributed by atoms with Crippen LogP contribution in [0.3, 0.4) is 0 Å². The Hall–Kier alpha value is -4.82. The van der Waals surface area contributed by atoms with Gasteiger partial charge in [0.15, 0.2) is 0 Å². The maximum absolute atomic E-state index is 14.1. The first-order valence-corrected chi connectivity index (χ1v) is 17.4. The fourth-order valence-corrected chi connectivity index (χ4v) is 6.19. The third kappa shape index (κ3) is 11.1. The maximum atomic E-state index is 14.1. The molecule has 276 valence electrons. The number of rotatable bonds is 4. The van der Waals surface area contributed by atoms with Crippen LogP contribution in [-0.4, -0.2) is 104 Å². The minimum Gasteiger partial charge on any atom is -0.370 e. The van der Waals surface area contributed by atoms with E-state index in [0.717, 1.165) is 16.7 Å². The average Bonchev–Trinajstić information content (AvgIpc) is 3.50. The molecule has 2 saturated heterocycles. The summed E-state index contributed by atoms with van der Waals surface area (Å²) in [6.07, 6.45) is 0.377. The molecule has 0 aliphatic carbocycles. The standard InChI is InChI=1S/C37H51N7O7/c1-23-18-29-35(49)42-27(19-24-10-12-26(13-11-24)25-8-6-5-7-9-25)33(47)39-15-14-30(45)41-28(20-38)34(48)40-16-17-51-22-31(46)43-32(37(2,3)4)36(50)44(29)21-23/h5-13,23,27-29,32H,14-22,38H2,1-4H3,(H,39,47)(H,40,48)(H,41,45)(H,42,49)(H,43,46)/t23-,27-,28-,29?,32-/m1/s1. The van der Waals surface area contributed by atoms with Gasteiger partial charge in [-0.2, -0.15) is 0 Å². The van der Waals surface area contributed by atoms with Crippen molar-refractivity contribution in [3.8, 4) is 11.1 Å². The normalized spacial score (nSPS) is 25.3.